The van der Waals surface area contributed by atoms with Crippen molar-refractivity contribution in [3.63, 3.8) is 0 Å². The molecule has 0 aromatic rings. The molecule has 198 valence electrons. The molecule has 0 aliphatic carbocycles. The van der Waals surface area contributed by atoms with Crippen LogP contribution in [-0.4, -0.2) is 43.8 Å². The Balaban J connectivity index is 4.16. The molecule has 0 heterocycles. The number of aliphatic hydroxyl groups excluding tert-OH is 2. The van der Waals surface area contributed by atoms with Crippen LogP contribution in [-0.2, 0) is 0 Å². The number of allylic oxidation sites excluding steroid dienone is 8. The topological polar surface area (TPSA) is 80.9 Å². The van der Waals surface area contributed by atoms with Gasteiger partial charge < -0.3 is 20.4 Å². The second-order valence-electron chi connectivity index (χ2n) is 11.3. The van der Waals surface area contributed by atoms with E-state index in [1.165, 1.54) is 22.3 Å². The molecule has 4 heteroatoms. The maximum absolute atomic E-state index is 9.93. The van der Waals surface area contributed by atoms with E-state index in [1.54, 1.807) is 27.7 Å². The summed E-state index contributed by atoms with van der Waals surface area (Å²) < 4.78 is 0. The highest BCUT2D eigenvalue weighted by Crippen LogP contribution is 2.19. The van der Waals surface area contributed by atoms with Gasteiger partial charge in [0.2, 0.25) is 0 Å². The van der Waals surface area contributed by atoms with Crippen LogP contribution in [0, 0.1) is 0 Å². The summed E-state index contributed by atoms with van der Waals surface area (Å²) in [6, 6.07) is 0. The molecular weight excluding hydrogens is 424 g/mol. The van der Waals surface area contributed by atoms with Gasteiger partial charge in [-0.25, -0.2) is 0 Å². The Labute approximate surface area is 210 Å². The molecule has 0 amide bonds. The first-order valence-electron chi connectivity index (χ1n) is 13.1. The fourth-order valence-electron chi connectivity index (χ4n) is 3.60. The van der Waals surface area contributed by atoms with Crippen molar-refractivity contribution in [2.75, 3.05) is 0 Å². The third-order valence-electron chi connectivity index (χ3n) is 6.47. The number of aliphatic hydroxyl groups is 4. The first-order chi connectivity index (χ1) is 15.6. The van der Waals surface area contributed by atoms with Crippen LogP contribution in [0.5, 0.6) is 0 Å². The van der Waals surface area contributed by atoms with E-state index >= 15 is 0 Å². The summed E-state index contributed by atoms with van der Waals surface area (Å²) in [7, 11) is 0. The summed E-state index contributed by atoms with van der Waals surface area (Å²) in [6.45, 7) is 15.2. The average molecular weight is 479 g/mol. The monoisotopic (exact) mass is 478 g/mol. The van der Waals surface area contributed by atoms with Gasteiger partial charge in [0, 0.05) is 0 Å². The molecule has 0 saturated heterocycles. The van der Waals surface area contributed by atoms with Gasteiger partial charge in [0.05, 0.1) is 23.4 Å². The Kier molecular flexibility index (Phi) is 15.9. The number of hydrogen-bond donors (Lipinski definition) is 4. The summed E-state index contributed by atoms with van der Waals surface area (Å²) in [6.07, 6.45) is 16.9. The van der Waals surface area contributed by atoms with Crippen LogP contribution in [0.3, 0.4) is 0 Å². The Hall–Kier alpha value is -1.20. The van der Waals surface area contributed by atoms with Crippen molar-refractivity contribution >= 4 is 0 Å². The van der Waals surface area contributed by atoms with Gasteiger partial charge in [-0.05, 0) is 120 Å². The fourth-order valence-corrected chi connectivity index (χ4v) is 3.60. The lowest BCUT2D eigenvalue weighted by Crippen LogP contribution is -2.35. The minimum absolute atomic E-state index is 0.590. The molecule has 34 heavy (non-hydrogen) atoms. The normalized spacial score (nSPS) is 16.7. The molecule has 0 saturated carbocycles. The van der Waals surface area contributed by atoms with E-state index in [2.05, 4.69) is 52.0 Å². The zero-order chi connectivity index (χ0) is 26.4. The minimum Gasteiger partial charge on any atom is -0.390 e. The van der Waals surface area contributed by atoms with E-state index < -0.39 is 23.4 Å². The average Bonchev–Trinajstić information content (AvgIpc) is 2.71. The number of rotatable bonds is 17. The molecule has 0 aliphatic heterocycles. The maximum atomic E-state index is 9.93. The van der Waals surface area contributed by atoms with Crippen LogP contribution < -0.4 is 0 Å². The summed E-state index contributed by atoms with van der Waals surface area (Å²) in [5.74, 6) is 0. The fraction of sp³-hybridized carbons (Fsp3) is 0.733. The zero-order valence-electron chi connectivity index (χ0n) is 23.3. The molecular formula is C30H54O4. The molecule has 0 radical (unpaired) electrons. The van der Waals surface area contributed by atoms with Crippen molar-refractivity contribution in [2.24, 2.45) is 0 Å². The van der Waals surface area contributed by atoms with Crippen LogP contribution in [0.1, 0.15) is 120 Å². The van der Waals surface area contributed by atoms with E-state index in [-0.39, 0.29) is 0 Å². The Morgan fingerprint density at radius 1 is 0.529 bits per heavy atom. The van der Waals surface area contributed by atoms with Gasteiger partial charge in [0.1, 0.15) is 0 Å². The lowest BCUT2D eigenvalue weighted by atomic mass is 9.95. The Morgan fingerprint density at radius 2 is 0.794 bits per heavy atom. The smallest absolute Gasteiger partial charge is 0.0849 e. The summed E-state index contributed by atoms with van der Waals surface area (Å²) >= 11 is 0. The second kappa shape index (κ2) is 16.5. The quantitative estimate of drug-likeness (QED) is 0.135. The Morgan fingerprint density at radius 3 is 1.09 bits per heavy atom. The van der Waals surface area contributed by atoms with E-state index in [4.69, 9.17) is 0 Å². The molecule has 0 bridgehead atoms. The lowest BCUT2D eigenvalue weighted by molar-refractivity contribution is -0.0510. The van der Waals surface area contributed by atoms with Crippen molar-refractivity contribution in [3.05, 3.63) is 46.6 Å². The van der Waals surface area contributed by atoms with Gasteiger partial charge >= 0.3 is 0 Å². The van der Waals surface area contributed by atoms with Crippen molar-refractivity contribution in [1.82, 2.24) is 0 Å². The molecule has 0 aliphatic rings. The summed E-state index contributed by atoms with van der Waals surface area (Å²) in [5.41, 5.74) is 3.30. The number of hydrogen-bond acceptors (Lipinski definition) is 4. The summed E-state index contributed by atoms with van der Waals surface area (Å²) in [5, 5.41) is 39.5. The first-order valence-corrected chi connectivity index (χ1v) is 13.1. The van der Waals surface area contributed by atoms with Crippen molar-refractivity contribution in [2.45, 2.75) is 143 Å². The van der Waals surface area contributed by atoms with Gasteiger partial charge in [0.15, 0.2) is 0 Å². The van der Waals surface area contributed by atoms with Crippen molar-refractivity contribution < 1.29 is 20.4 Å². The largest absolute Gasteiger partial charge is 0.390 e. The predicted molar refractivity (Wildman–Crippen MR) is 146 cm³/mol. The van der Waals surface area contributed by atoms with Crippen LogP contribution in [0.25, 0.3) is 0 Å². The number of unbranched alkanes of at least 4 members (excludes halogenated alkanes) is 1. The molecule has 0 rings (SSSR count). The first kappa shape index (κ1) is 32.8. The van der Waals surface area contributed by atoms with E-state index in [1.807, 2.05) is 0 Å². The molecule has 2 atom stereocenters. The van der Waals surface area contributed by atoms with Crippen molar-refractivity contribution in [1.29, 1.82) is 0 Å². The maximum Gasteiger partial charge on any atom is 0.0849 e. The third kappa shape index (κ3) is 17.3. The van der Waals surface area contributed by atoms with Crippen LogP contribution in [0.2, 0.25) is 0 Å². The third-order valence-corrected chi connectivity index (χ3v) is 6.47. The van der Waals surface area contributed by atoms with E-state index in [9.17, 15) is 20.4 Å². The molecule has 4 nitrogen and oxygen atoms in total. The molecule has 4 N–H and O–H groups in total. The van der Waals surface area contributed by atoms with Crippen molar-refractivity contribution in [3.8, 4) is 0 Å². The van der Waals surface area contributed by atoms with Crippen LogP contribution in [0.4, 0.5) is 0 Å². The van der Waals surface area contributed by atoms with Gasteiger partial charge in [-0.3, -0.25) is 0 Å². The highest BCUT2D eigenvalue weighted by Gasteiger charge is 2.24. The second-order valence-corrected chi connectivity index (χ2v) is 11.3. The molecule has 0 spiro atoms. The highest BCUT2D eigenvalue weighted by molar-refractivity contribution is 5.07. The van der Waals surface area contributed by atoms with E-state index in [0.717, 1.165) is 51.4 Å². The SMILES string of the molecule is C/C(=C/CC/C=C(/C)CC/C=C(/C)CCC(O)C(C)(C)O)CC/C=C(/C)CCC(O)C(C)(C)O. The zero-order valence-corrected chi connectivity index (χ0v) is 23.3. The molecule has 0 fully saturated rings. The van der Waals surface area contributed by atoms with Crippen LogP contribution >= 0.6 is 0 Å². The van der Waals surface area contributed by atoms with Gasteiger partial charge in [0.25, 0.3) is 0 Å². The molecule has 0 aromatic heterocycles. The van der Waals surface area contributed by atoms with E-state index in [0.29, 0.717) is 12.8 Å². The van der Waals surface area contributed by atoms with Gasteiger partial charge in [-0.15, -0.1) is 0 Å². The standard InChI is InChI=1S/C30H54O4/c1-23(15-11-17-25(3)19-21-27(31)29(5,6)33)13-9-10-14-24(2)16-12-18-26(4)20-22-28(32)30(7,8)34/h13-14,17-18,27-28,31-34H,9-12,15-16,19-22H2,1-8H3/b23-13-,24-14-,25-17-,26-18-. The minimum atomic E-state index is -1.04. The molecule has 0 aromatic carbocycles. The predicted octanol–water partition coefficient (Wildman–Crippen LogP) is 6.94. The van der Waals surface area contributed by atoms with Crippen LogP contribution in [0.15, 0.2) is 46.6 Å². The Bertz CT molecular complexity index is 624. The van der Waals surface area contributed by atoms with Gasteiger partial charge in [-0.1, -0.05) is 46.6 Å². The van der Waals surface area contributed by atoms with Gasteiger partial charge in [-0.2, -0.15) is 0 Å². The lowest BCUT2D eigenvalue weighted by Gasteiger charge is -2.24. The highest BCUT2D eigenvalue weighted by atomic mass is 16.3. The molecule has 2 unspecified atom stereocenters. The summed E-state index contributed by atoms with van der Waals surface area (Å²) in [4.78, 5) is 0.